The fourth-order valence-electron chi connectivity index (χ4n) is 3.49. The van der Waals surface area contributed by atoms with E-state index in [1.165, 1.54) is 0 Å². The highest BCUT2D eigenvalue weighted by atomic mass is 35.5. The fraction of sp³-hybridized carbons (Fsp3) is 0.0435. The standard InChI is InChI=1S/C23H15ClN2O2/c1-14-11-12-16-19(13-14)28-23(27)20(21(16)24)22-25-17-9-5-6-10-18(17)26(22)15-7-3-2-4-8-15/h2-13H,1H3. The van der Waals surface area contributed by atoms with E-state index >= 15 is 0 Å². The normalized spacial score (nSPS) is 11.4. The fourth-order valence-corrected chi connectivity index (χ4v) is 3.81. The number of halogens is 1. The van der Waals surface area contributed by atoms with Gasteiger partial charge < -0.3 is 4.42 Å². The van der Waals surface area contributed by atoms with Gasteiger partial charge in [0.25, 0.3) is 0 Å². The number of fused-ring (bicyclic) bond motifs is 2. The van der Waals surface area contributed by atoms with Gasteiger partial charge in [0.15, 0.2) is 5.82 Å². The van der Waals surface area contributed by atoms with Gasteiger partial charge in [0.05, 0.1) is 16.1 Å². The summed E-state index contributed by atoms with van der Waals surface area (Å²) in [5.41, 5.74) is 3.79. The molecular formula is C23H15ClN2O2. The van der Waals surface area contributed by atoms with Crippen LogP contribution < -0.4 is 5.63 Å². The highest BCUT2D eigenvalue weighted by Crippen LogP contribution is 2.34. The number of para-hydroxylation sites is 3. The van der Waals surface area contributed by atoms with Gasteiger partial charge >= 0.3 is 5.63 Å². The first-order valence-corrected chi connectivity index (χ1v) is 9.27. The van der Waals surface area contributed by atoms with Crippen LogP contribution >= 0.6 is 11.6 Å². The van der Waals surface area contributed by atoms with E-state index < -0.39 is 5.63 Å². The van der Waals surface area contributed by atoms with E-state index in [1.807, 2.05) is 84.3 Å². The van der Waals surface area contributed by atoms with Crippen molar-refractivity contribution in [1.29, 1.82) is 0 Å². The molecule has 0 aliphatic carbocycles. The Morgan fingerprint density at radius 3 is 2.54 bits per heavy atom. The summed E-state index contributed by atoms with van der Waals surface area (Å²) in [5.74, 6) is 0.466. The van der Waals surface area contributed by atoms with Gasteiger partial charge in [-0.1, -0.05) is 48.0 Å². The molecule has 5 rings (SSSR count). The largest absolute Gasteiger partial charge is 0.422 e. The maximum Gasteiger partial charge on any atom is 0.348 e. The van der Waals surface area contributed by atoms with Crippen molar-refractivity contribution in [3.63, 3.8) is 0 Å². The molecule has 5 aromatic rings. The lowest BCUT2D eigenvalue weighted by Crippen LogP contribution is -2.09. The number of hydrogen-bond acceptors (Lipinski definition) is 3. The lowest BCUT2D eigenvalue weighted by molar-refractivity contribution is 0.562. The van der Waals surface area contributed by atoms with E-state index in [1.54, 1.807) is 0 Å². The lowest BCUT2D eigenvalue weighted by atomic mass is 10.1. The Kier molecular flexibility index (Phi) is 3.81. The van der Waals surface area contributed by atoms with Crippen LogP contribution in [0.1, 0.15) is 5.56 Å². The molecule has 0 bridgehead atoms. The molecule has 28 heavy (non-hydrogen) atoms. The summed E-state index contributed by atoms with van der Waals surface area (Å²) in [7, 11) is 0. The van der Waals surface area contributed by atoms with Gasteiger partial charge in [0, 0.05) is 11.1 Å². The van der Waals surface area contributed by atoms with Crippen molar-refractivity contribution in [1.82, 2.24) is 9.55 Å². The van der Waals surface area contributed by atoms with Gasteiger partial charge in [-0.15, -0.1) is 0 Å². The summed E-state index contributed by atoms with van der Waals surface area (Å²) < 4.78 is 7.54. The summed E-state index contributed by atoms with van der Waals surface area (Å²) in [4.78, 5) is 17.6. The van der Waals surface area contributed by atoms with Crippen molar-refractivity contribution < 1.29 is 4.42 Å². The summed E-state index contributed by atoms with van der Waals surface area (Å²) in [5, 5.41) is 1.03. The van der Waals surface area contributed by atoms with Crippen LogP contribution in [0, 0.1) is 6.92 Å². The van der Waals surface area contributed by atoms with E-state index in [4.69, 9.17) is 21.0 Å². The molecule has 0 amide bonds. The lowest BCUT2D eigenvalue weighted by Gasteiger charge is -2.11. The molecule has 136 valence electrons. The molecule has 0 radical (unpaired) electrons. The second kappa shape index (κ2) is 6.36. The Bertz CT molecular complexity index is 1400. The van der Waals surface area contributed by atoms with Gasteiger partial charge in [0.1, 0.15) is 11.1 Å². The van der Waals surface area contributed by atoms with Crippen molar-refractivity contribution in [2.24, 2.45) is 0 Å². The molecule has 0 saturated heterocycles. The minimum absolute atomic E-state index is 0.262. The zero-order valence-corrected chi connectivity index (χ0v) is 15.8. The number of hydrogen-bond donors (Lipinski definition) is 0. The monoisotopic (exact) mass is 386 g/mol. The predicted molar refractivity (Wildman–Crippen MR) is 112 cm³/mol. The van der Waals surface area contributed by atoms with E-state index in [2.05, 4.69) is 0 Å². The molecule has 2 heterocycles. The molecule has 0 unspecified atom stereocenters. The van der Waals surface area contributed by atoms with Crippen molar-refractivity contribution >= 4 is 33.6 Å². The topological polar surface area (TPSA) is 48.0 Å². The van der Waals surface area contributed by atoms with Gasteiger partial charge in [-0.3, -0.25) is 4.57 Å². The van der Waals surface area contributed by atoms with Crippen LogP contribution in [0.2, 0.25) is 5.02 Å². The Balaban J connectivity index is 1.91. The Hall–Kier alpha value is -3.37. The molecule has 0 atom stereocenters. The predicted octanol–water partition coefficient (Wildman–Crippen LogP) is 5.76. The SMILES string of the molecule is Cc1ccc2c(Cl)c(-c3nc4ccccc4n3-c3ccccc3)c(=O)oc2c1. The van der Waals surface area contributed by atoms with Crippen molar-refractivity contribution in [3.8, 4) is 17.1 Å². The maximum absolute atomic E-state index is 12.9. The number of benzene rings is 3. The van der Waals surface area contributed by atoms with Crippen molar-refractivity contribution in [2.75, 3.05) is 0 Å². The van der Waals surface area contributed by atoms with Crippen LogP contribution in [0.15, 0.2) is 82.0 Å². The molecule has 0 fully saturated rings. The molecule has 0 aliphatic rings. The van der Waals surface area contributed by atoms with E-state index in [0.29, 0.717) is 21.8 Å². The summed E-state index contributed by atoms with van der Waals surface area (Å²) in [6.45, 7) is 1.94. The third-order valence-electron chi connectivity index (χ3n) is 4.80. The minimum atomic E-state index is -0.504. The van der Waals surface area contributed by atoms with E-state index in [-0.39, 0.29) is 5.56 Å². The number of aryl methyl sites for hydroxylation is 1. The summed E-state index contributed by atoms with van der Waals surface area (Å²) in [6.07, 6.45) is 0. The molecule has 0 aliphatic heterocycles. The number of rotatable bonds is 2. The summed E-state index contributed by atoms with van der Waals surface area (Å²) in [6, 6.07) is 23.2. The van der Waals surface area contributed by atoms with Gasteiger partial charge in [-0.05, 0) is 48.9 Å². The molecule has 5 heteroatoms. The Labute approximate surface area is 165 Å². The number of aromatic nitrogens is 2. The number of nitrogens with zero attached hydrogens (tertiary/aromatic N) is 2. The third-order valence-corrected chi connectivity index (χ3v) is 5.19. The Morgan fingerprint density at radius 1 is 0.964 bits per heavy atom. The number of imidazole rings is 1. The molecule has 3 aromatic carbocycles. The van der Waals surface area contributed by atoms with Crippen LogP contribution in [0.25, 0.3) is 39.1 Å². The maximum atomic E-state index is 12.9. The smallest absolute Gasteiger partial charge is 0.348 e. The third kappa shape index (κ3) is 2.53. The van der Waals surface area contributed by atoms with Crippen LogP contribution in [0.5, 0.6) is 0 Å². The minimum Gasteiger partial charge on any atom is -0.422 e. The first-order valence-electron chi connectivity index (χ1n) is 8.90. The second-order valence-corrected chi connectivity index (χ2v) is 7.05. The first kappa shape index (κ1) is 16.8. The zero-order valence-electron chi connectivity index (χ0n) is 15.0. The Morgan fingerprint density at radius 2 is 1.71 bits per heavy atom. The second-order valence-electron chi connectivity index (χ2n) is 6.67. The van der Waals surface area contributed by atoms with Gasteiger partial charge in [-0.25, -0.2) is 9.78 Å². The van der Waals surface area contributed by atoms with Gasteiger partial charge in [0.2, 0.25) is 0 Å². The average Bonchev–Trinajstić information content (AvgIpc) is 3.07. The van der Waals surface area contributed by atoms with Crippen molar-refractivity contribution in [2.45, 2.75) is 6.92 Å². The average molecular weight is 387 g/mol. The molecule has 2 aromatic heterocycles. The molecule has 4 nitrogen and oxygen atoms in total. The molecule has 0 spiro atoms. The van der Waals surface area contributed by atoms with Crippen LogP contribution in [0.3, 0.4) is 0 Å². The van der Waals surface area contributed by atoms with E-state index in [9.17, 15) is 4.79 Å². The quantitative estimate of drug-likeness (QED) is 0.362. The van der Waals surface area contributed by atoms with Crippen LogP contribution in [0.4, 0.5) is 0 Å². The molecule has 0 saturated carbocycles. The molecular weight excluding hydrogens is 372 g/mol. The van der Waals surface area contributed by atoms with E-state index in [0.717, 1.165) is 22.3 Å². The summed E-state index contributed by atoms with van der Waals surface area (Å²) >= 11 is 6.71. The van der Waals surface area contributed by atoms with Crippen LogP contribution in [-0.2, 0) is 0 Å². The zero-order chi connectivity index (χ0) is 19.3. The highest BCUT2D eigenvalue weighted by Gasteiger charge is 2.22. The van der Waals surface area contributed by atoms with Crippen molar-refractivity contribution in [3.05, 3.63) is 93.8 Å². The van der Waals surface area contributed by atoms with Gasteiger partial charge in [-0.2, -0.15) is 0 Å². The first-order chi connectivity index (χ1) is 13.6. The molecule has 0 N–H and O–H groups in total. The highest BCUT2D eigenvalue weighted by molar-refractivity contribution is 6.37. The van der Waals surface area contributed by atoms with Crippen LogP contribution in [-0.4, -0.2) is 9.55 Å².